The molecule has 2 heterocycles. The van der Waals surface area contributed by atoms with Crippen LogP contribution in [0.1, 0.15) is 62.5 Å². The van der Waals surface area contributed by atoms with Crippen molar-refractivity contribution in [2.24, 2.45) is 0 Å². The second-order valence-corrected chi connectivity index (χ2v) is 8.70. The maximum atomic E-state index is 5.84. The van der Waals surface area contributed by atoms with Crippen molar-refractivity contribution in [1.82, 2.24) is 9.80 Å². The molecule has 4 heteroatoms. The number of unbranched alkanes of at least 4 members (excludes halogenated alkanes) is 7. The Labute approximate surface area is 181 Å². The van der Waals surface area contributed by atoms with Gasteiger partial charge in [0.05, 0.1) is 0 Å². The number of hydrogen-bond acceptors (Lipinski definition) is 4. The van der Waals surface area contributed by atoms with Crippen LogP contribution >= 0.6 is 0 Å². The predicted octanol–water partition coefficient (Wildman–Crippen LogP) is 5.81. The molecule has 0 atom stereocenters. The molecule has 0 aromatic heterocycles. The lowest BCUT2D eigenvalue weighted by Gasteiger charge is -2.28. The van der Waals surface area contributed by atoms with E-state index in [-0.39, 0.29) is 0 Å². The Morgan fingerprint density at radius 3 is 1.40 bits per heavy atom. The fourth-order valence-corrected chi connectivity index (χ4v) is 4.46. The van der Waals surface area contributed by atoms with Gasteiger partial charge in [-0.1, -0.05) is 74.9 Å². The van der Waals surface area contributed by atoms with Crippen molar-refractivity contribution < 1.29 is 9.47 Å². The van der Waals surface area contributed by atoms with E-state index in [4.69, 9.17) is 9.47 Å². The quantitative estimate of drug-likeness (QED) is 0.438. The van der Waals surface area contributed by atoms with Crippen molar-refractivity contribution in [2.45, 2.75) is 64.5 Å². The van der Waals surface area contributed by atoms with Gasteiger partial charge < -0.3 is 9.47 Å². The van der Waals surface area contributed by atoms with Crippen LogP contribution in [0.2, 0.25) is 0 Å². The van der Waals surface area contributed by atoms with Crippen LogP contribution in [0.25, 0.3) is 0 Å². The fraction of sp³-hybridized carbons (Fsp3) is 0.538. The van der Waals surface area contributed by atoms with Crippen LogP contribution < -0.4 is 9.47 Å². The first-order valence-corrected chi connectivity index (χ1v) is 11.7. The molecule has 0 saturated carbocycles. The average molecular weight is 409 g/mol. The van der Waals surface area contributed by atoms with Crippen molar-refractivity contribution in [3.8, 4) is 11.5 Å². The Morgan fingerprint density at radius 2 is 0.933 bits per heavy atom. The number of rotatable bonds is 11. The van der Waals surface area contributed by atoms with E-state index < -0.39 is 0 Å². The van der Waals surface area contributed by atoms with Gasteiger partial charge in [0.1, 0.15) is 25.0 Å². The summed E-state index contributed by atoms with van der Waals surface area (Å²) >= 11 is 0. The highest BCUT2D eigenvalue weighted by molar-refractivity contribution is 5.34. The number of para-hydroxylation sites is 2. The minimum atomic E-state index is 0.741. The van der Waals surface area contributed by atoms with Crippen LogP contribution in [0.3, 0.4) is 0 Å². The maximum absolute atomic E-state index is 5.84. The summed E-state index contributed by atoms with van der Waals surface area (Å²) in [6.07, 6.45) is 10.7. The van der Waals surface area contributed by atoms with E-state index in [0.29, 0.717) is 0 Å². The third-order valence-electron chi connectivity index (χ3n) is 6.24. The van der Waals surface area contributed by atoms with Gasteiger partial charge >= 0.3 is 0 Å². The largest absolute Gasteiger partial charge is 0.478 e. The molecule has 0 fully saturated rings. The van der Waals surface area contributed by atoms with Crippen molar-refractivity contribution >= 4 is 0 Å². The summed E-state index contributed by atoms with van der Waals surface area (Å²) in [6.45, 7) is 5.84. The summed E-state index contributed by atoms with van der Waals surface area (Å²) in [7, 11) is 0. The lowest BCUT2D eigenvalue weighted by Crippen LogP contribution is -2.32. The van der Waals surface area contributed by atoms with Gasteiger partial charge in [0, 0.05) is 37.3 Å². The number of nitrogens with zero attached hydrogens (tertiary/aromatic N) is 2. The normalized spacial score (nSPS) is 16.4. The Hall–Kier alpha value is -2.04. The van der Waals surface area contributed by atoms with Crippen LogP contribution in [0.15, 0.2) is 48.5 Å². The van der Waals surface area contributed by atoms with Gasteiger partial charge in [0.15, 0.2) is 0 Å². The molecule has 0 spiro atoms. The van der Waals surface area contributed by atoms with Crippen molar-refractivity contribution in [2.75, 3.05) is 26.6 Å². The molecular weight excluding hydrogens is 372 g/mol. The van der Waals surface area contributed by atoms with Crippen molar-refractivity contribution in [3.63, 3.8) is 0 Å². The summed E-state index contributed by atoms with van der Waals surface area (Å²) in [5, 5.41) is 0. The van der Waals surface area contributed by atoms with Gasteiger partial charge in [-0.2, -0.15) is 0 Å². The molecule has 4 nitrogen and oxygen atoms in total. The summed E-state index contributed by atoms with van der Waals surface area (Å²) < 4.78 is 11.7. The topological polar surface area (TPSA) is 24.9 Å². The molecule has 0 amide bonds. The fourth-order valence-electron chi connectivity index (χ4n) is 4.46. The molecule has 4 rings (SSSR count). The Balaban J connectivity index is 0.974. The highest BCUT2D eigenvalue weighted by Gasteiger charge is 2.16. The highest BCUT2D eigenvalue weighted by atomic mass is 16.5. The Morgan fingerprint density at radius 1 is 0.533 bits per heavy atom. The molecule has 0 N–H and O–H groups in total. The predicted molar refractivity (Wildman–Crippen MR) is 122 cm³/mol. The second kappa shape index (κ2) is 11.4. The van der Waals surface area contributed by atoms with Gasteiger partial charge in [-0.3, -0.25) is 9.80 Å². The second-order valence-electron chi connectivity index (χ2n) is 8.70. The van der Waals surface area contributed by atoms with Crippen LogP contribution in [-0.2, 0) is 13.1 Å². The van der Waals surface area contributed by atoms with E-state index in [2.05, 4.69) is 58.3 Å². The van der Waals surface area contributed by atoms with Crippen LogP contribution in [0, 0.1) is 0 Å². The van der Waals surface area contributed by atoms with Crippen molar-refractivity contribution in [3.05, 3.63) is 59.7 Å². The third-order valence-corrected chi connectivity index (χ3v) is 6.24. The van der Waals surface area contributed by atoms with Crippen LogP contribution in [0.4, 0.5) is 0 Å². The number of fused-ring (bicyclic) bond motifs is 2. The van der Waals surface area contributed by atoms with E-state index in [9.17, 15) is 0 Å². The third kappa shape index (κ3) is 6.23. The average Bonchev–Trinajstić information content (AvgIpc) is 2.80. The SMILES string of the molecule is c1ccc2c(c1)CN(CCCCCCCCCCN1COc3ccccc3C1)CO2. The molecule has 2 aromatic carbocycles. The summed E-state index contributed by atoms with van der Waals surface area (Å²) in [5.74, 6) is 2.12. The number of benzene rings is 2. The van der Waals surface area contributed by atoms with Crippen LogP contribution in [-0.4, -0.2) is 36.4 Å². The minimum Gasteiger partial charge on any atom is -0.478 e. The maximum Gasteiger partial charge on any atom is 0.142 e. The monoisotopic (exact) mass is 408 g/mol. The minimum absolute atomic E-state index is 0.741. The summed E-state index contributed by atoms with van der Waals surface area (Å²) in [6, 6.07) is 16.8. The Bertz CT molecular complexity index is 714. The summed E-state index contributed by atoms with van der Waals surface area (Å²) in [5.41, 5.74) is 2.65. The lowest BCUT2D eigenvalue weighted by atomic mass is 10.1. The van der Waals surface area contributed by atoms with Gasteiger partial charge in [0.25, 0.3) is 0 Å². The van der Waals surface area contributed by atoms with E-state index in [0.717, 1.165) is 51.1 Å². The van der Waals surface area contributed by atoms with Gasteiger partial charge in [-0.05, 0) is 25.0 Å². The lowest BCUT2D eigenvalue weighted by molar-refractivity contribution is 0.0932. The first-order valence-electron chi connectivity index (χ1n) is 11.7. The van der Waals surface area contributed by atoms with Crippen LogP contribution in [0.5, 0.6) is 11.5 Å². The summed E-state index contributed by atoms with van der Waals surface area (Å²) in [4.78, 5) is 4.84. The first kappa shape index (κ1) is 21.2. The molecular formula is C26H36N2O2. The smallest absolute Gasteiger partial charge is 0.142 e. The zero-order chi connectivity index (χ0) is 20.4. The molecule has 162 valence electrons. The molecule has 30 heavy (non-hydrogen) atoms. The molecule has 2 aromatic rings. The molecule has 2 aliphatic rings. The molecule has 0 unspecified atom stereocenters. The molecule has 0 radical (unpaired) electrons. The first-order chi connectivity index (χ1) is 14.9. The van der Waals surface area contributed by atoms with Crippen molar-refractivity contribution in [1.29, 1.82) is 0 Å². The van der Waals surface area contributed by atoms with Gasteiger partial charge in [-0.25, -0.2) is 0 Å². The standard InChI is InChI=1S/C26H36N2O2/c1(3-5-11-17-27-19-23-13-7-9-15-25(23)29-21-27)2-4-6-12-18-28-20-24-14-8-10-16-26(24)30-22-28/h7-10,13-16H,1-6,11-12,17-22H2. The van der Waals surface area contributed by atoms with E-state index in [1.54, 1.807) is 0 Å². The van der Waals surface area contributed by atoms with Gasteiger partial charge in [0.2, 0.25) is 0 Å². The van der Waals surface area contributed by atoms with E-state index in [1.165, 1.54) is 62.5 Å². The molecule has 2 aliphatic heterocycles. The molecule has 0 saturated heterocycles. The number of hydrogen-bond donors (Lipinski definition) is 0. The zero-order valence-corrected chi connectivity index (χ0v) is 18.2. The van der Waals surface area contributed by atoms with Gasteiger partial charge in [-0.15, -0.1) is 0 Å². The molecule has 0 aliphatic carbocycles. The molecule has 0 bridgehead atoms. The Kier molecular flexibility index (Phi) is 8.04. The van der Waals surface area contributed by atoms with E-state index in [1.807, 2.05) is 0 Å². The van der Waals surface area contributed by atoms with E-state index >= 15 is 0 Å². The highest BCUT2D eigenvalue weighted by Crippen LogP contribution is 2.25. The zero-order valence-electron chi connectivity index (χ0n) is 18.2. The number of ether oxygens (including phenoxy) is 2.